The monoisotopic (exact) mass is 587 g/mol. The molecule has 1 aromatic carbocycles. The second-order valence-corrected chi connectivity index (χ2v) is 10.2. The maximum Gasteiger partial charge on any atom is 0.260 e. The van der Waals surface area contributed by atoms with Crippen molar-refractivity contribution in [3.63, 3.8) is 0 Å². The summed E-state index contributed by atoms with van der Waals surface area (Å²) in [4.78, 5) is 54.8. The molecule has 2 heterocycles. The molecule has 0 unspecified atom stereocenters. The van der Waals surface area contributed by atoms with E-state index >= 15 is 0 Å². The summed E-state index contributed by atoms with van der Waals surface area (Å²) in [5, 5.41) is 12.1. The van der Waals surface area contributed by atoms with Crippen molar-refractivity contribution in [3.8, 4) is 0 Å². The minimum atomic E-state index is -0.712. The number of hydrogen-bond acceptors (Lipinski definition) is 9. The van der Waals surface area contributed by atoms with Gasteiger partial charge in [0.15, 0.2) is 0 Å². The van der Waals surface area contributed by atoms with Crippen LogP contribution in [0.1, 0.15) is 36.2 Å². The van der Waals surface area contributed by atoms with Crippen molar-refractivity contribution in [1.82, 2.24) is 24.8 Å². The number of rotatable bonds is 15. The molecule has 0 bridgehead atoms. The van der Waals surface area contributed by atoms with Crippen molar-refractivity contribution in [2.24, 2.45) is 0 Å². The molecule has 3 rings (SSSR count). The van der Waals surface area contributed by atoms with Crippen LogP contribution in [0.25, 0.3) is 0 Å². The van der Waals surface area contributed by atoms with Crippen LogP contribution in [0.2, 0.25) is 0 Å². The number of amides is 3. The molecule has 0 spiro atoms. The van der Waals surface area contributed by atoms with E-state index in [9.17, 15) is 14.4 Å². The van der Waals surface area contributed by atoms with Crippen molar-refractivity contribution in [2.75, 3.05) is 62.0 Å². The molecule has 0 saturated heterocycles. The van der Waals surface area contributed by atoms with Gasteiger partial charge in [-0.1, -0.05) is 19.1 Å². The first-order valence-electron chi connectivity index (χ1n) is 14.2. The van der Waals surface area contributed by atoms with E-state index in [-0.39, 0.29) is 11.8 Å². The zero-order valence-electron chi connectivity index (χ0n) is 25.4. The van der Waals surface area contributed by atoms with Crippen molar-refractivity contribution in [1.29, 1.82) is 0 Å². The molecule has 0 aliphatic rings. The van der Waals surface area contributed by atoms with E-state index < -0.39 is 11.9 Å². The fourth-order valence-corrected chi connectivity index (χ4v) is 3.85. The molecule has 0 saturated carbocycles. The lowest BCUT2D eigenvalue weighted by atomic mass is 10.2. The maximum atomic E-state index is 13.2. The summed E-state index contributed by atoms with van der Waals surface area (Å²) in [6, 6.07) is 10.00. The van der Waals surface area contributed by atoms with Gasteiger partial charge < -0.3 is 31.1 Å². The quantitative estimate of drug-likeness (QED) is 0.196. The molecule has 1 atom stereocenters. The molecule has 4 N–H and O–H groups in total. The Balaban J connectivity index is 1.63. The fourth-order valence-electron chi connectivity index (χ4n) is 3.85. The van der Waals surface area contributed by atoms with Gasteiger partial charge in [0.2, 0.25) is 17.8 Å². The van der Waals surface area contributed by atoms with Gasteiger partial charge in [0.1, 0.15) is 17.4 Å². The van der Waals surface area contributed by atoms with E-state index in [0.29, 0.717) is 48.3 Å². The summed E-state index contributed by atoms with van der Waals surface area (Å²) in [5.41, 5.74) is 2.39. The highest BCUT2D eigenvalue weighted by Gasteiger charge is 2.21. The Bertz CT molecular complexity index is 1400. The number of nitrogens with zero attached hydrogens (tertiary/aromatic N) is 5. The van der Waals surface area contributed by atoms with Crippen molar-refractivity contribution < 1.29 is 14.4 Å². The molecule has 0 fully saturated rings. The summed E-state index contributed by atoms with van der Waals surface area (Å²) in [6.45, 7) is 5.56. The van der Waals surface area contributed by atoms with Gasteiger partial charge in [0.25, 0.3) is 5.91 Å². The predicted molar refractivity (Wildman–Crippen MR) is 170 cm³/mol. The lowest BCUT2D eigenvalue weighted by Crippen LogP contribution is -2.42. The molecular formula is C31H41N9O3. The predicted octanol–water partition coefficient (Wildman–Crippen LogP) is 3.50. The van der Waals surface area contributed by atoms with Crippen molar-refractivity contribution >= 4 is 40.9 Å². The number of aromatic nitrogens is 3. The zero-order valence-corrected chi connectivity index (χ0v) is 25.4. The Morgan fingerprint density at radius 1 is 0.977 bits per heavy atom. The molecule has 43 heavy (non-hydrogen) atoms. The standard InChI is InChI=1S/C31H41N9O3/c1-6-15-33-28-26(21-35-31(38-28)34-18-14-23-12-16-32-17-13-23)30(43)37-25-10-7-9-24(20-25)36-29(42)22(2)40(5)27(41)11-8-19-39(3)4/h7-13,16-17,20-22H,6,14-15,18-19H2,1-5H3,(H,36,42)(H,37,43)(H2,33,34,35,38)/b11-8+/t22-/m0/s1. The Labute approximate surface area is 253 Å². The van der Waals surface area contributed by atoms with E-state index in [0.717, 1.165) is 18.4 Å². The van der Waals surface area contributed by atoms with Gasteiger partial charge in [-0.15, -0.1) is 0 Å². The van der Waals surface area contributed by atoms with Gasteiger partial charge in [0.05, 0.1) is 0 Å². The highest BCUT2D eigenvalue weighted by Crippen LogP contribution is 2.20. The molecule has 2 aromatic heterocycles. The first-order valence-corrected chi connectivity index (χ1v) is 14.2. The number of anilines is 4. The van der Waals surface area contributed by atoms with Crippen LogP contribution in [0.15, 0.2) is 67.1 Å². The first-order chi connectivity index (χ1) is 20.7. The summed E-state index contributed by atoms with van der Waals surface area (Å²) in [6.07, 6.45) is 9.83. The highest BCUT2D eigenvalue weighted by molar-refractivity contribution is 6.07. The number of likely N-dealkylation sites (N-methyl/N-ethyl adjacent to an activating group) is 2. The van der Waals surface area contributed by atoms with E-state index in [2.05, 4.69) is 36.2 Å². The van der Waals surface area contributed by atoms with Gasteiger partial charge in [-0.05, 0) is 69.8 Å². The van der Waals surface area contributed by atoms with Crippen LogP contribution in [0.4, 0.5) is 23.1 Å². The normalized spacial score (nSPS) is 11.7. The van der Waals surface area contributed by atoms with Gasteiger partial charge in [-0.2, -0.15) is 4.98 Å². The molecular weight excluding hydrogens is 546 g/mol. The number of benzene rings is 1. The number of carbonyl (C=O) groups is 3. The Morgan fingerprint density at radius 3 is 2.40 bits per heavy atom. The average Bonchev–Trinajstić information content (AvgIpc) is 2.99. The number of nitrogens with one attached hydrogen (secondary N) is 4. The van der Waals surface area contributed by atoms with Crippen LogP contribution in [0.5, 0.6) is 0 Å². The Hall–Kier alpha value is -4.84. The zero-order chi connectivity index (χ0) is 31.2. The summed E-state index contributed by atoms with van der Waals surface area (Å²) in [7, 11) is 5.39. The lowest BCUT2D eigenvalue weighted by Gasteiger charge is -2.23. The summed E-state index contributed by atoms with van der Waals surface area (Å²) in [5.74, 6) is -0.179. The van der Waals surface area contributed by atoms with Crippen LogP contribution in [-0.2, 0) is 16.0 Å². The second-order valence-electron chi connectivity index (χ2n) is 10.2. The number of carbonyl (C=O) groups excluding carboxylic acids is 3. The molecule has 12 heteroatoms. The van der Waals surface area contributed by atoms with Crippen LogP contribution in [0.3, 0.4) is 0 Å². The van der Waals surface area contributed by atoms with Crippen LogP contribution in [-0.4, -0.2) is 89.3 Å². The average molecular weight is 588 g/mol. The maximum absolute atomic E-state index is 13.2. The van der Waals surface area contributed by atoms with Crippen LogP contribution < -0.4 is 21.3 Å². The third-order valence-electron chi connectivity index (χ3n) is 6.45. The topological polar surface area (TPSA) is 144 Å². The molecule has 12 nitrogen and oxygen atoms in total. The van der Waals surface area contributed by atoms with Crippen molar-refractivity contribution in [3.05, 3.63) is 78.3 Å². The lowest BCUT2D eigenvalue weighted by molar-refractivity contribution is -0.132. The highest BCUT2D eigenvalue weighted by atomic mass is 16.2. The third kappa shape index (κ3) is 10.5. The van der Waals surface area contributed by atoms with Crippen LogP contribution in [0, 0.1) is 0 Å². The minimum absolute atomic E-state index is 0.268. The van der Waals surface area contributed by atoms with Crippen LogP contribution >= 0.6 is 0 Å². The van der Waals surface area contributed by atoms with E-state index in [1.807, 2.05) is 38.1 Å². The first kappa shape index (κ1) is 32.7. The molecule has 0 aliphatic heterocycles. The van der Waals surface area contributed by atoms with Gasteiger partial charge >= 0.3 is 0 Å². The summed E-state index contributed by atoms with van der Waals surface area (Å²) < 4.78 is 0. The summed E-state index contributed by atoms with van der Waals surface area (Å²) >= 11 is 0. The van der Waals surface area contributed by atoms with Gasteiger partial charge in [0, 0.05) is 62.7 Å². The molecule has 228 valence electrons. The third-order valence-corrected chi connectivity index (χ3v) is 6.45. The number of pyridine rings is 1. The molecule has 0 aliphatic carbocycles. The van der Waals surface area contributed by atoms with E-state index in [4.69, 9.17) is 0 Å². The molecule has 3 aromatic rings. The minimum Gasteiger partial charge on any atom is -0.369 e. The smallest absolute Gasteiger partial charge is 0.260 e. The molecule has 3 amide bonds. The largest absolute Gasteiger partial charge is 0.369 e. The SMILES string of the molecule is CCCNc1nc(NCCc2ccncc2)ncc1C(=O)Nc1cccc(NC(=O)[C@H](C)N(C)C(=O)/C=C/CN(C)C)c1. The number of hydrogen-bond donors (Lipinski definition) is 4. The Morgan fingerprint density at radius 2 is 1.70 bits per heavy atom. The molecule has 0 radical (unpaired) electrons. The van der Waals surface area contributed by atoms with E-state index in [1.165, 1.54) is 17.2 Å². The van der Waals surface area contributed by atoms with Gasteiger partial charge in [-0.3, -0.25) is 19.4 Å². The Kier molecular flexibility index (Phi) is 12.6. The van der Waals surface area contributed by atoms with E-state index in [1.54, 1.807) is 56.7 Å². The van der Waals surface area contributed by atoms with Gasteiger partial charge in [-0.25, -0.2) is 4.98 Å². The van der Waals surface area contributed by atoms with Crippen molar-refractivity contribution in [2.45, 2.75) is 32.7 Å². The second kappa shape index (κ2) is 16.6. The fraction of sp³-hybridized carbons (Fsp3) is 0.355.